The Balaban J connectivity index is 1.63. The Hall–Kier alpha value is -2.95. The quantitative estimate of drug-likeness (QED) is 0.233. The highest BCUT2D eigenvalue weighted by Gasteiger charge is 2.20. The number of benzene rings is 1. The van der Waals surface area contributed by atoms with Gasteiger partial charge in [0.1, 0.15) is 15.5 Å². The third-order valence-corrected chi connectivity index (χ3v) is 7.09. The monoisotopic (exact) mass is 487 g/mol. The van der Waals surface area contributed by atoms with Gasteiger partial charge in [0.15, 0.2) is 11.0 Å². The van der Waals surface area contributed by atoms with Gasteiger partial charge in [-0.05, 0) is 36.8 Å². The first-order valence-corrected chi connectivity index (χ1v) is 11.6. The minimum atomic E-state index is -0.479. The van der Waals surface area contributed by atoms with Gasteiger partial charge in [0.25, 0.3) is 5.56 Å². The maximum absolute atomic E-state index is 12.6. The summed E-state index contributed by atoms with van der Waals surface area (Å²) in [6, 6.07) is 7.36. The standard InChI is InChI=1S/C21H18ClN5O3S2/c1-4-9-27-17(12-5-7-13(22)8-6-12)25-26-21(27)31-10-14-23-18(28)15-11(2)16(20(29)30-3)32-19(15)24-14/h4-8H,1,9-10H2,2-3H3,(H,23,24,28). The average Bonchev–Trinajstić information content (AvgIpc) is 3.33. The van der Waals surface area contributed by atoms with Gasteiger partial charge in [0, 0.05) is 17.1 Å². The highest BCUT2D eigenvalue weighted by Crippen LogP contribution is 2.29. The molecule has 0 fully saturated rings. The van der Waals surface area contributed by atoms with Crippen molar-refractivity contribution in [3.05, 3.63) is 68.6 Å². The summed E-state index contributed by atoms with van der Waals surface area (Å²) < 4.78 is 6.73. The van der Waals surface area contributed by atoms with Crippen LogP contribution in [0.5, 0.6) is 0 Å². The van der Waals surface area contributed by atoms with Crippen molar-refractivity contribution in [1.29, 1.82) is 0 Å². The number of esters is 1. The van der Waals surface area contributed by atoms with Crippen LogP contribution in [0, 0.1) is 6.92 Å². The van der Waals surface area contributed by atoms with Crippen LogP contribution in [0.15, 0.2) is 46.9 Å². The highest BCUT2D eigenvalue weighted by molar-refractivity contribution is 7.98. The molecule has 0 saturated heterocycles. The van der Waals surface area contributed by atoms with Crippen LogP contribution in [0.1, 0.15) is 21.1 Å². The van der Waals surface area contributed by atoms with Crippen molar-refractivity contribution >= 4 is 50.9 Å². The van der Waals surface area contributed by atoms with Crippen LogP contribution in [0.4, 0.5) is 0 Å². The number of rotatable bonds is 7. The maximum atomic E-state index is 12.6. The Bertz CT molecular complexity index is 1370. The van der Waals surface area contributed by atoms with Crippen LogP contribution in [0.25, 0.3) is 21.6 Å². The first-order valence-electron chi connectivity index (χ1n) is 9.46. The molecule has 4 rings (SSSR count). The second kappa shape index (κ2) is 9.27. The SMILES string of the molecule is C=CCn1c(SCc2nc3sc(C(=O)OC)c(C)c3c(=O)[nH]2)nnc1-c1ccc(Cl)cc1. The summed E-state index contributed by atoms with van der Waals surface area (Å²) in [6.07, 6.45) is 1.77. The number of carbonyl (C=O) groups is 1. The zero-order chi connectivity index (χ0) is 22.8. The summed E-state index contributed by atoms with van der Waals surface area (Å²) >= 11 is 8.53. The van der Waals surface area contributed by atoms with Gasteiger partial charge in [-0.2, -0.15) is 0 Å². The molecule has 0 aliphatic rings. The van der Waals surface area contributed by atoms with Crippen LogP contribution in [-0.2, 0) is 17.0 Å². The molecule has 8 nitrogen and oxygen atoms in total. The Morgan fingerprint density at radius 1 is 1.34 bits per heavy atom. The lowest BCUT2D eigenvalue weighted by atomic mass is 10.2. The van der Waals surface area contributed by atoms with Gasteiger partial charge in [-0.1, -0.05) is 29.4 Å². The van der Waals surface area contributed by atoms with E-state index in [4.69, 9.17) is 16.3 Å². The summed E-state index contributed by atoms with van der Waals surface area (Å²) in [4.78, 5) is 32.8. The van der Waals surface area contributed by atoms with E-state index in [2.05, 4.69) is 26.7 Å². The van der Waals surface area contributed by atoms with Gasteiger partial charge in [-0.3, -0.25) is 9.36 Å². The Morgan fingerprint density at radius 3 is 2.78 bits per heavy atom. The van der Waals surface area contributed by atoms with Crippen molar-refractivity contribution in [3.8, 4) is 11.4 Å². The molecule has 3 heterocycles. The van der Waals surface area contributed by atoms with Crippen molar-refractivity contribution in [2.75, 3.05) is 7.11 Å². The Kier molecular flexibility index (Phi) is 6.45. The summed E-state index contributed by atoms with van der Waals surface area (Å²) in [5.74, 6) is 1.06. The van der Waals surface area contributed by atoms with Gasteiger partial charge in [0.2, 0.25) is 0 Å². The number of H-pyrrole nitrogens is 1. The average molecular weight is 488 g/mol. The predicted molar refractivity (Wildman–Crippen MR) is 127 cm³/mol. The van der Waals surface area contributed by atoms with Crippen molar-refractivity contribution in [1.82, 2.24) is 24.7 Å². The molecular formula is C21H18ClN5O3S2. The van der Waals surface area contributed by atoms with Crippen molar-refractivity contribution in [2.45, 2.75) is 24.4 Å². The summed E-state index contributed by atoms with van der Waals surface area (Å²) in [5.41, 5.74) is 1.17. The number of thioether (sulfide) groups is 1. The minimum absolute atomic E-state index is 0.288. The number of nitrogens with one attached hydrogen (secondary N) is 1. The molecule has 1 aromatic carbocycles. The number of ether oxygens (including phenoxy) is 1. The summed E-state index contributed by atoms with van der Waals surface area (Å²) in [5, 5.41) is 10.3. The molecule has 11 heteroatoms. The predicted octanol–water partition coefficient (Wildman–Crippen LogP) is 4.47. The fourth-order valence-electron chi connectivity index (χ4n) is 3.18. The van der Waals surface area contributed by atoms with E-state index in [-0.39, 0.29) is 5.56 Å². The van der Waals surface area contributed by atoms with E-state index >= 15 is 0 Å². The smallest absolute Gasteiger partial charge is 0.348 e. The number of aromatic amines is 1. The van der Waals surface area contributed by atoms with E-state index in [9.17, 15) is 9.59 Å². The zero-order valence-corrected chi connectivity index (χ0v) is 19.6. The van der Waals surface area contributed by atoms with Gasteiger partial charge >= 0.3 is 5.97 Å². The lowest BCUT2D eigenvalue weighted by Crippen LogP contribution is -2.11. The molecule has 0 aliphatic heterocycles. The van der Waals surface area contributed by atoms with Crippen LogP contribution in [0.2, 0.25) is 5.02 Å². The fourth-order valence-corrected chi connectivity index (χ4v) is 5.24. The lowest BCUT2D eigenvalue weighted by Gasteiger charge is -2.08. The third-order valence-electron chi connectivity index (χ3n) is 4.69. The number of hydrogen-bond acceptors (Lipinski definition) is 8. The van der Waals surface area contributed by atoms with Crippen molar-refractivity contribution < 1.29 is 9.53 Å². The fraction of sp³-hybridized carbons (Fsp3) is 0.190. The number of fused-ring (bicyclic) bond motifs is 1. The van der Waals surface area contributed by atoms with E-state index in [0.717, 1.165) is 16.9 Å². The van der Waals surface area contributed by atoms with Crippen LogP contribution in [0.3, 0.4) is 0 Å². The van der Waals surface area contributed by atoms with Crippen molar-refractivity contribution in [3.63, 3.8) is 0 Å². The number of carbonyl (C=O) groups excluding carboxylic acids is 1. The molecule has 0 atom stereocenters. The van der Waals surface area contributed by atoms with E-state index < -0.39 is 5.97 Å². The molecular weight excluding hydrogens is 470 g/mol. The van der Waals surface area contributed by atoms with Crippen LogP contribution < -0.4 is 5.56 Å². The third kappa shape index (κ3) is 4.21. The summed E-state index contributed by atoms with van der Waals surface area (Å²) in [7, 11) is 1.31. The maximum Gasteiger partial charge on any atom is 0.348 e. The summed E-state index contributed by atoms with van der Waals surface area (Å²) in [6.45, 7) is 6.05. The number of halogens is 1. The Labute approximate surface area is 196 Å². The lowest BCUT2D eigenvalue weighted by molar-refractivity contribution is 0.0605. The Morgan fingerprint density at radius 2 is 2.09 bits per heavy atom. The number of thiophene rings is 1. The highest BCUT2D eigenvalue weighted by atomic mass is 35.5. The van der Waals surface area contributed by atoms with Crippen LogP contribution >= 0.6 is 34.7 Å². The number of hydrogen-bond donors (Lipinski definition) is 1. The number of methoxy groups -OCH3 is 1. The molecule has 0 amide bonds. The normalized spacial score (nSPS) is 11.1. The molecule has 164 valence electrons. The molecule has 0 saturated carbocycles. The van der Waals surface area contributed by atoms with Gasteiger partial charge in [0.05, 0.1) is 18.2 Å². The molecule has 0 radical (unpaired) electrons. The number of aryl methyl sites for hydroxylation is 1. The van der Waals surface area contributed by atoms with E-state index in [0.29, 0.717) is 54.8 Å². The van der Waals surface area contributed by atoms with Gasteiger partial charge in [-0.25, -0.2) is 9.78 Å². The zero-order valence-electron chi connectivity index (χ0n) is 17.2. The van der Waals surface area contributed by atoms with Gasteiger partial charge < -0.3 is 9.72 Å². The molecule has 0 bridgehead atoms. The second-order valence-electron chi connectivity index (χ2n) is 6.74. The number of allylic oxidation sites excluding steroid dienone is 1. The topological polar surface area (TPSA) is 103 Å². The van der Waals surface area contributed by atoms with Crippen LogP contribution in [-0.4, -0.2) is 37.8 Å². The van der Waals surface area contributed by atoms with Crippen molar-refractivity contribution in [2.24, 2.45) is 0 Å². The molecule has 0 spiro atoms. The molecule has 3 aromatic heterocycles. The number of aromatic nitrogens is 5. The molecule has 1 N–H and O–H groups in total. The van der Waals surface area contributed by atoms with E-state index in [1.807, 2.05) is 16.7 Å². The minimum Gasteiger partial charge on any atom is -0.465 e. The largest absolute Gasteiger partial charge is 0.465 e. The van der Waals surface area contributed by atoms with E-state index in [1.165, 1.54) is 18.9 Å². The molecule has 32 heavy (non-hydrogen) atoms. The second-order valence-corrected chi connectivity index (χ2v) is 9.12. The number of nitrogens with zero attached hydrogens (tertiary/aromatic N) is 4. The van der Waals surface area contributed by atoms with E-state index in [1.54, 1.807) is 25.1 Å². The molecule has 0 aliphatic carbocycles. The molecule has 0 unspecified atom stereocenters. The van der Waals surface area contributed by atoms with Gasteiger partial charge in [-0.15, -0.1) is 28.1 Å². The molecule has 4 aromatic rings. The first kappa shape index (κ1) is 22.3. The first-order chi connectivity index (χ1) is 15.4.